The second-order valence-electron chi connectivity index (χ2n) is 2.15. The van der Waals surface area contributed by atoms with Crippen molar-refractivity contribution in [1.82, 2.24) is 9.36 Å². The standard InChI is InChI=1S/C6H11N3OS/c1-10-4-2-3-5-8-6(7)11-9-5/h2-4H2,1H3,(H2,7,8,9). The SMILES string of the molecule is COCCCc1nsc(N)n1. The van der Waals surface area contributed by atoms with E-state index in [1.807, 2.05) is 0 Å². The molecule has 0 amide bonds. The zero-order valence-corrected chi connectivity index (χ0v) is 7.23. The first-order valence-corrected chi connectivity index (χ1v) is 4.17. The highest BCUT2D eigenvalue weighted by Gasteiger charge is 1.99. The molecule has 0 bridgehead atoms. The van der Waals surface area contributed by atoms with Crippen LogP contribution >= 0.6 is 11.5 Å². The van der Waals surface area contributed by atoms with Crippen LogP contribution in [0.1, 0.15) is 12.2 Å². The molecule has 5 heteroatoms. The van der Waals surface area contributed by atoms with E-state index in [9.17, 15) is 0 Å². The Hall–Kier alpha value is -0.680. The average molecular weight is 173 g/mol. The van der Waals surface area contributed by atoms with Crippen LogP contribution in [0, 0.1) is 0 Å². The van der Waals surface area contributed by atoms with Crippen molar-refractivity contribution in [3.8, 4) is 0 Å². The van der Waals surface area contributed by atoms with Crippen LogP contribution in [0.3, 0.4) is 0 Å². The number of ether oxygens (including phenoxy) is 1. The summed E-state index contributed by atoms with van der Waals surface area (Å²) in [6.45, 7) is 0.749. The summed E-state index contributed by atoms with van der Waals surface area (Å²) in [5, 5.41) is 0.539. The molecule has 1 aromatic heterocycles. The van der Waals surface area contributed by atoms with E-state index in [0.29, 0.717) is 5.13 Å². The number of aryl methyl sites for hydroxylation is 1. The summed E-state index contributed by atoms with van der Waals surface area (Å²) in [4.78, 5) is 4.01. The number of nitrogens with two attached hydrogens (primary N) is 1. The van der Waals surface area contributed by atoms with Gasteiger partial charge in [-0.1, -0.05) is 0 Å². The third kappa shape index (κ3) is 2.81. The summed E-state index contributed by atoms with van der Waals surface area (Å²) in [5.74, 6) is 0.824. The van der Waals surface area contributed by atoms with Gasteiger partial charge in [0.2, 0.25) is 0 Å². The molecule has 4 nitrogen and oxygen atoms in total. The predicted molar refractivity (Wildman–Crippen MR) is 44.5 cm³/mol. The quantitative estimate of drug-likeness (QED) is 0.681. The maximum Gasteiger partial charge on any atom is 0.199 e. The zero-order chi connectivity index (χ0) is 8.10. The Balaban J connectivity index is 2.27. The van der Waals surface area contributed by atoms with Gasteiger partial charge < -0.3 is 10.5 Å². The van der Waals surface area contributed by atoms with Crippen molar-refractivity contribution in [1.29, 1.82) is 0 Å². The first-order valence-electron chi connectivity index (χ1n) is 3.40. The molecule has 11 heavy (non-hydrogen) atoms. The fourth-order valence-corrected chi connectivity index (χ4v) is 1.22. The van der Waals surface area contributed by atoms with Crippen LogP contribution in [0.4, 0.5) is 5.13 Å². The molecule has 2 N–H and O–H groups in total. The minimum Gasteiger partial charge on any atom is -0.385 e. The molecule has 0 unspecified atom stereocenters. The monoisotopic (exact) mass is 173 g/mol. The largest absolute Gasteiger partial charge is 0.385 e. The Bertz CT molecular complexity index is 213. The van der Waals surface area contributed by atoms with Crippen molar-refractivity contribution in [3.05, 3.63) is 5.82 Å². The molecule has 1 rings (SSSR count). The molecule has 0 radical (unpaired) electrons. The molecule has 0 spiro atoms. The van der Waals surface area contributed by atoms with Crippen molar-refractivity contribution in [2.75, 3.05) is 19.5 Å². The van der Waals surface area contributed by atoms with E-state index in [-0.39, 0.29) is 0 Å². The number of nitrogens with zero attached hydrogens (tertiary/aromatic N) is 2. The molecule has 62 valence electrons. The number of methoxy groups -OCH3 is 1. The topological polar surface area (TPSA) is 61.0 Å². The van der Waals surface area contributed by atoms with Crippen molar-refractivity contribution in [3.63, 3.8) is 0 Å². The highest BCUT2D eigenvalue weighted by atomic mass is 32.1. The van der Waals surface area contributed by atoms with Crippen LogP contribution in [-0.4, -0.2) is 23.1 Å². The first-order chi connectivity index (χ1) is 5.33. The lowest BCUT2D eigenvalue weighted by Crippen LogP contribution is -1.94. The summed E-state index contributed by atoms with van der Waals surface area (Å²) in [6.07, 6.45) is 1.80. The molecular formula is C6H11N3OS. The molecule has 0 fully saturated rings. The number of rotatable bonds is 4. The van der Waals surface area contributed by atoms with E-state index in [1.165, 1.54) is 11.5 Å². The minimum atomic E-state index is 0.539. The van der Waals surface area contributed by atoms with Gasteiger partial charge in [0.25, 0.3) is 0 Å². The zero-order valence-electron chi connectivity index (χ0n) is 6.41. The molecule has 1 heterocycles. The minimum absolute atomic E-state index is 0.539. The second-order valence-corrected chi connectivity index (χ2v) is 2.93. The van der Waals surface area contributed by atoms with Crippen LogP contribution in [0.25, 0.3) is 0 Å². The van der Waals surface area contributed by atoms with Crippen LogP contribution in [0.2, 0.25) is 0 Å². The fourth-order valence-electron chi connectivity index (χ4n) is 0.744. The lowest BCUT2D eigenvalue weighted by Gasteiger charge is -1.93. The number of anilines is 1. The van der Waals surface area contributed by atoms with E-state index in [2.05, 4.69) is 9.36 Å². The molecule has 0 saturated carbocycles. The Morgan fingerprint density at radius 1 is 1.64 bits per heavy atom. The van der Waals surface area contributed by atoms with Crippen LogP contribution in [0.15, 0.2) is 0 Å². The first kappa shape index (κ1) is 8.42. The normalized spacial score (nSPS) is 10.3. The van der Waals surface area contributed by atoms with Gasteiger partial charge in [-0.25, -0.2) is 4.98 Å². The molecule has 0 aliphatic rings. The third-order valence-corrected chi connectivity index (χ3v) is 1.81. The maximum atomic E-state index is 5.40. The highest BCUT2D eigenvalue weighted by molar-refractivity contribution is 7.09. The smallest absolute Gasteiger partial charge is 0.199 e. The van der Waals surface area contributed by atoms with Gasteiger partial charge in [-0.15, -0.1) is 0 Å². The van der Waals surface area contributed by atoms with E-state index < -0.39 is 0 Å². The van der Waals surface area contributed by atoms with Crippen LogP contribution < -0.4 is 5.73 Å². The molecule has 0 saturated heterocycles. The molecule has 0 aromatic carbocycles. The average Bonchev–Trinajstić information content (AvgIpc) is 2.37. The predicted octanol–water partition coefficient (Wildman–Crippen LogP) is 0.699. The van der Waals surface area contributed by atoms with Crippen molar-refractivity contribution in [2.45, 2.75) is 12.8 Å². The molecule has 1 aromatic rings. The summed E-state index contributed by atoms with van der Waals surface area (Å²) < 4.78 is 8.92. The molecule has 0 aliphatic carbocycles. The Labute approximate surface area is 69.6 Å². The van der Waals surface area contributed by atoms with E-state index >= 15 is 0 Å². The Kier molecular flexibility index (Phi) is 3.25. The maximum absolute atomic E-state index is 5.40. The molecular weight excluding hydrogens is 162 g/mol. The Morgan fingerprint density at radius 3 is 3.00 bits per heavy atom. The van der Waals surface area contributed by atoms with Gasteiger partial charge in [-0.2, -0.15) is 4.37 Å². The van der Waals surface area contributed by atoms with Gasteiger partial charge in [0.05, 0.1) is 0 Å². The number of hydrogen-bond donors (Lipinski definition) is 1. The molecule has 0 atom stereocenters. The van der Waals surface area contributed by atoms with Crippen molar-refractivity contribution in [2.24, 2.45) is 0 Å². The number of hydrogen-bond acceptors (Lipinski definition) is 5. The fraction of sp³-hybridized carbons (Fsp3) is 0.667. The van der Waals surface area contributed by atoms with E-state index in [4.69, 9.17) is 10.5 Å². The Morgan fingerprint density at radius 2 is 2.45 bits per heavy atom. The van der Waals surface area contributed by atoms with Crippen LogP contribution in [-0.2, 0) is 11.2 Å². The van der Waals surface area contributed by atoms with Gasteiger partial charge in [0.15, 0.2) is 5.13 Å². The molecule has 0 aliphatic heterocycles. The second kappa shape index (κ2) is 4.25. The summed E-state index contributed by atoms with van der Waals surface area (Å²) in [6, 6.07) is 0. The lowest BCUT2D eigenvalue weighted by molar-refractivity contribution is 0.194. The van der Waals surface area contributed by atoms with Gasteiger partial charge >= 0.3 is 0 Å². The lowest BCUT2D eigenvalue weighted by atomic mass is 10.3. The van der Waals surface area contributed by atoms with E-state index in [0.717, 1.165) is 25.3 Å². The highest BCUT2D eigenvalue weighted by Crippen LogP contribution is 2.06. The summed E-state index contributed by atoms with van der Waals surface area (Å²) >= 11 is 1.24. The van der Waals surface area contributed by atoms with Crippen molar-refractivity contribution < 1.29 is 4.74 Å². The number of aromatic nitrogens is 2. The van der Waals surface area contributed by atoms with Gasteiger partial charge in [0, 0.05) is 31.7 Å². The summed E-state index contributed by atoms with van der Waals surface area (Å²) in [7, 11) is 1.68. The van der Waals surface area contributed by atoms with E-state index in [1.54, 1.807) is 7.11 Å². The van der Waals surface area contributed by atoms with Gasteiger partial charge in [-0.3, -0.25) is 0 Å². The van der Waals surface area contributed by atoms with Crippen molar-refractivity contribution >= 4 is 16.7 Å². The number of nitrogen functional groups attached to an aromatic ring is 1. The van der Waals surface area contributed by atoms with Crippen LogP contribution in [0.5, 0.6) is 0 Å². The summed E-state index contributed by atoms with van der Waals surface area (Å²) in [5.41, 5.74) is 5.40. The third-order valence-electron chi connectivity index (χ3n) is 1.23. The van der Waals surface area contributed by atoms with Gasteiger partial charge in [0.1, 0.15) is 5.82 Å². The van der Waals surface area contributed by atoms with Gasteiger partial charge in [-0.05, 0) is 6.42 Å².